The van der Waals surface area contributed by atoms with Crippen molar-refractivity contribution < 1.29 is 4.79 Å². The minimum Gasteiger partial charge on any atom is -0.294 e. The van der Waals surface area contributed by atoms with E-state index in [4.69, 9.17) is 11.6 Å². The van der Waals surface area contributed by atoms with E-state index in [-0.39, 0.29) is 16.6 Å². The van der Waals surface area contributed by atoms with Crippen LogP contribution in [0.25, 0.3) is 0 Å². The number of carbonyl (C=O) groups is 1. The molecule has 0 radical (unpaired) electrons. The number of carbonyl (C=O) groups excluding carboxylic acids is 1. The van der Waals surface area contributed by atoms with Crippen LogP contribution in [0.5, 0.6) is 0 Å². The van der Waals surface area contributed by atoms with Crippen LogP contribution >= 0.6 is 11.6 Å². The van der Waals surface area contributed by atoms with Crippen LogP contribution in [0, 0.1) is 0 Å². The second-order valence-corrected chi connectivity index (χ2v) is 6.79. The molecular formula is C15H19ClO. The van der Waals surface area contributed by atoms with E-state index >= 15 is 0 Å². The van der Waals surface area contributed by atoms with Gasteiger partial charge in [-0.05, 0) is 47.4 Å². The van der Waals surface area contributed by atoms with Gasteiger partial charge in [0.15, 0.2) is 5.78 Å². The lowest BCUT2D eigenvalue weighted by atomic mass is 9.82. The van der Waals surface area contributed by atoms with Gasteiger partial charge in [0.2, 0.25) is 0 Å². The second kappa shape index (κ2) is 3.58. The molecule has 0 fully saturated rings. The van der Waals surface area contributed by atoms with Gasteiger partial charge in [0, 0.05) is 5.56 Å². The molecule has 0 N–H and O–H groups in total. The Morgan fingerprint density at radius 3 is 2.06 bits per heavy atom. The van der Waals surface area contributed by atoms with Gasteiger partial charge in [-0.25, -0.2) is 0 Å². The number of fused-ring (bicyclic) bond motifs is 1. The van der Waals surface area contributed by atoms with Crippen LogP contribution in [0.1, 0.15) is 62.5 Å². The lowest BCUT2D eigenvalue weighted by Gasteiger charge is -2.22. The molecule has 0 aromatic heterocycles. The number of rotatable bonds is 1. The minimum absolute atomic E-state index is 0.0401. The Labute approximate surface area is 108 Å². The van der Waals surface area contributed by atoms with Gasteiger partial charge in [-0.2, -0.15) is 0 Å². The van der Waals surface area contributed by atoms with Crippen LogP contribution in [0.2, 0.25) is 5.02 Å². The zero-order valence-corrected chi connectivity index (χ0v) is 11.9. The highest BCUT2D eigenvalue weighted by molar-refractivity contribution is 6.34. The molecule has 0 spiro atoms. The molecule has 0 unspecified atom stereocenters. The first kappa shape index (κ1) is 12.6. The minimum atomic E-state index is 0.0401. The molecule has 1 aliphatic rings. The summed E-state index contributed by atoms with van der Waals surface area (Å²) in [6.45, 7) is 10.5. The molecule has 0 saturated carbocycles. The third-order valence-electron chi connectivity index (χ3n) is 3.83. The zero-order valence-electron chi connectivity index (χ0n) is 11.1. The molecule has 0 atom stereocenters. The van der Waals surface area contributed by atoms with Gasteiger partial charge in [-0.3, -0.25) is 4.79 Å². The average molecular weight is 251 g/mol. The van der Waals surface area contributed by atoms with Gasteiger partial charge < -0.3 is 0 Å². The first-order valence-corrected chi connectivity index (χ1v) is 6.38. The first-order chi connectivity index (χ1) is 7.65. The third-order valence-corrected chi connectivity index (χ3v) is 4.14. The summed E-state index contributed by atoms with van der Waals surface area (Å²) in [5.41, 5.74) is 3.47. The Bertz CT molecular complexity index is 498. The van der Waals surface area contributed by atoms with E-state index in [1.807, 2.05) is 12.1 Å². The van der Waals surface area contributed by atoms with E-state index in [0.29, 0.717) is 10.6 Å². The molecule has 1 nitrogen and oxygen atoms in total. The Morgan fingerprint density at radius 1 is 1.12 bits per heavy atom. The van der Waals surface area contributed by atoms with Gasteiger partial charge in [0.05, 0.1) is 5.02 Å². The normalized spacial score (nSPS) is 20.1. The van der Waals surface area contributed by atoms with E-state index < -0.39 is 0 Å². The Morgan fingerprint density at radius 2 is 1.59 bits per heavy atom. The molecule has 1 aliphatic carbocycles. The summed E-state index contributed by atoms with van der Waals surface area (Å²) in [4.78, 5) is 11.6. The molecule has 1 aromatic carbocycles. The van der Waals surface area contributed by atoms with Crippen molar-refractivity contribution in [2.45, 2.75) is 51.9 Å². The smallest absolute Gasteiger partial charge is 0.161 e. The highest BCUT2D eigenvalue weighted by atomic mass is 35.5. The van der Waals surface area contributed by atoms with Crippen LogP contribution < -0.4 is 0 Å². The average Bonchev–Trinajstić information content (AvgIpc) is 2.30. The van der Waals surface area contributed by atoms with Gasteiger partial charge in [-0.1, -0.05) is 39.3 Å². The molecule has 0 heterocycles. The van der Waals surface area contributed by atoms with Gasteiger partial charge in [-0.15, -0.1) is 0 Å². The fourth-order valence-corrected chi connectivity index (χ4v) is 3.55. The highest BCUT2D eigenvalue weighted by Gasteiger charge is 2.42. The monoisotopic (exact) mass is 250 g/mol. The number of Topliss-reactive ketones (excluding diaryl/α,β-unsaturated/α-hetero) is 1. The second-order valence-electron chi connectivity index (χ2n) is 6.38. The zero-order chi connectivity index (χ0) is 13.0. The fraction of sp³-hybridized carbons (Fsp3) is 0.533. The molecule has 2 rings (SSSR count). The lowest BCUT2D eigenvalue weighted by Crippen LogP contribution is -2.18. The molecule has 92 valence electrons. The Kier molecular flexibility index (Phi) is 2.66. The largest absolute Gasteiger partial charge is 0.294 e. The third kappa shape index (κ3) is 1.91. The fourth-order valence-electron chi connectivity index (χ4n) is 3.26. The molecule has 17 heavy (non-hydrogen) atoms. The van der Waals surface area contributed by atoms with Crippen LogP contribution in [-0.2, 0) is 10.8 Å². The predicted molar refractivity (Wildman–Crippen MR) is 72.1 cm³/mol. The van der Waals surface area contributed by atoms with Gasteiger partial charge in [0.25, 0.3) is 0 Å². The number of hydrogen-bond acceptors (Lipinski definition) is 1. The van der Waals surface area contributed by atoms with Crippen LogP contribution in [0.4, 0.5) is 0 Å². The molecule has 0 bridgehead atoms. The van der Waals surface area contributed by atoms with Crippen molar-refractivity contribution >= 4 is 17.4 Å². The van der Waals surface area contributed by atoms with Crippen molar-refractivity contribution in [2.24, 2.45) is 0 Å². The quantitative estimate of drug-likeness (QED) is 0.671. The Balaban J connectivity index is 2.72. The number of benzene rings is 1. The van der Waals surface area contributed by atoms with Crippen molar-refractivity contribution in [3.05, 3.63) is 33.8 Å². The van der Waals surface area contributed by atoms with Crippen molar-refractivity contribution in [3.63, 3.8) is 0 Å². The SMILES string of the molecule is CC(=O)c1cc2c(cc1Cl)C(C)(C)CC2(C)C. The lowest BCUT2D eigenvalue weighted by molar-refractivity contribution is 0.101. The maximum Gasteiger partial charge on any atom is 0.161 e. The summed E-state index contributed by atoms with van der Waals surface area (Å²) in [5, 5.41) is 0.585. The molecular weight excluding hydrogens is 232 g/mol. The molecule has 2 heteroatoms. The summed E-state index contributed by atoms with van der Waals surface area (Å²) in [6, 6.07) is 3.98. The van der Waals surface area contributed by atoms with Crippen molar-refractivity contribution in [3.8, 4) is 0 Å². The van der Waals surface area contributed by atoms with Crippen LogP contribution in [-0.4, -0.2) is 5.78 Å². The van der Waals surface area contributed by atoms with E-state index in [0.717, 1.165) is 6.42 Å². The summed E-state index contributed by atoms with van der Waals surface area (Å²) < 4.78 is 0. The molecule has 0 aliphatic heterocycles. The van der Waals surface area contributed by atoms with Gasteiger partial charge in [0.1, 0.15) is 0 Å². The molecule has 0 amide bonds. The van der Waals surface area contributed by atoms with Crippen molar-refractivity contribution in [1.82, 2.24) is 0 Å². The van der Waals surface area contributed by atoms with Crippen molar-refractivity contribution in [1.29, 1.82) is 0 Å². The standard InChI is InChI=1S/C15H19ClO/c1-9(17)10-6-11-12(7-13(10)16)15(4,5)8-14(11,2)3/h6-7H,8H2,1-5H3. The van der Waals surface area contributed by atoms with Gasteiger partial charge >= 0.3 is 0 Å². The molecule has 1 aromatic rings. The summed E-state index contributed by atoms with van der Waals surface area (Å²) >= 11 is 6.20. The summed E-state index contributed by atoms with van der Waals surface area (Å²) in [7, 11) is 0. The number of halogens is 1. The maximum absolute atomic E-state index is 11.6. The van der Waals surface area contributed by atoms with E-state index in [1.54, 1.807) is 6.92 Å². The number of ketones is 1. The summed E-state index contributed by atoms with van der Waals surface area (Å²) in [5.74, 6) is 0.0401. The number of hydrogen-bond donors (Lipinski definition) is 0. The molecule has 0 saturated heterocycles. The maximum atomic E-state index is 11.6. The highest BCUT2D eigenvalue weighted by Crippen LogP contribution is 2.50. The Hall–Kier alpha value is -0.820. The topological polar surface area (TPSA) is 17.1 Å². The predicted octanol–water partition coefficient (Wildman–Crippen LogP) is 4.50. The summed E-state index contributed by atoms with van der Waals surface area (Å²) in [6.07, 6.45) is 1.09. The van der Waals surface area contributed by atoms with Crippen LogP contribution in [0.3, 0.4) is 0 Å². The first-order valence-electron chi connectivity index (χ1n) is 6.00. The van der Waals surface area contributed by atoms with Crippen LogP contribution in [0.15, 0.2) is 12.1 Å². The van der Waals surface area contributed by atoms with E-state index in [1.165, 1.54) is 11.1 Å². The van der Waals surface area contributed by atoms with Crippen molar-refractivity contribution in [2.75, 3.05) is 0 Å². The van der Waals surface area contributed by atoms with E-state index in [2.05, 4.69) is 27.7 Å². The van der Waals surface area contributed by atoms with E-state index in [9.17, 15) is 4.79 Å².